The van der Waals surface area contributed by atoms with Crippen molar-refractivity contribution in [2.45, 2.75) is 50.7 Å². The lowest BCUT2D eigenvalue weighted by atomic mass is 10.3. The van der Waals surface area contributed by atoms with Gasteiger partial charge >= 0.3 is 5.97 Å². The van der Waals surface area contributed by atoms with E-state index in [9.17, 15) is 4.79 Å². The Morgan fingerprint density at radius 2 is 1.96 bits per heavy atom. The van der Waals surface area contributed by atoms with Crippen LogP contribution in [0.3, 0.4) is 0 Å². The number of thioether (sulfide) groups is 1. The lowest BCUT2D eigenvalue weighted by molar-refractivity contribution is -0.142. The first-order chi connectivity index (χ1) is 11.2. The number of nitrogens with one attached hydrogen (secondary N) is 1. The summed E-state index contributed by atoms with van der Waals surface area (Å²) in [5, 5.41) is 3.19. The first-order valence-electron chi connectivity index (χ1n) is 8.43. The maximum Gasteiger partial charge on any atom is 0.319 e. The van der Waals surface area contributed by atoms with E-state index in [2.05, 4.69) is 12.2 Å². The van der Waals surface area contributed by atoms with Crippen LogP contribution in [0.15, 0.2) is 30.3 Å². The number of carbonyl (C=O) groups excluding carboxylic acids is 1. The van der Waals surface area contributed by atoms with Crippen molar-refractivity contribution in [2.75, 3.05) is 25.1 Å². The molecule has 0 fully saturated rings. The molecule has 0 spiro atoms. The normalized spacial score (nSPS) is 13.3. The Kier molecular flexibility index (Phi) is 10.6. The van der Waals surface area contributed by atoms with Gasteiger partial charge in [0, 0.05) is 12.3 Å². The van der Waals surface area contributed by atoms with E-state index in [0.29, 0.717) is 19.8 Å². The molecule has 130 valence electrons. The van der Waals surface area contributed by atoms with Crippen LogP contribution in [-0.2, 0) is 14.3 Å². The van der Waals surface area contributed by atoms with Crippen LogP contribution in [0, 0.1) is 0 Å². The van der Waals surface area contributed by atoms with Crippen LogP contribution >= 0.6 is 11.8 Å². The smallest absolute Gasteiger partial charge is 0.319 e. The Bertz CT molecular complexity index is 428. The molecule has 0 bridgehead atoms. The Balaban J connectivity index is 2.57. The standard InChI is InChI=1S/C18H29NO3S/c1-4-7-13-22-17(14-19-15-11-9-8-10-12-15)23-16(5-2)18(20)21-6-3/h8-12,16-17,19H,4-7,13-14H2,1-3H3. The Labute approximate surface area is 144 Å². The highest BCUT2D eigenvalue weighted by molar-refractivity contribution is 8.01. The summed E-state index contributed by atoms with van der Waals surface area (Å²) in [6.07, 6.45) is 2.86. The van der Waals surface area contributed by atoms with Gasteiger partial charge < -0.3 is 14.8 Å². The number of hydrogen-bond donors (Lipinski definition) is 1. The predicted octanol–water partition coefficient (Wildman–Crippen LogP) is 4.32. The van der Waals surface area contributed by atoms with Gasteiger partial charge in [-0.3, -0.25) is 4.79 Å². The third-order valence-corrected chi connectivity index (χ3v) is 4.75. The highest BCUT2D eigenvalue weighted by atomic mass is 32.2. The minimum atomic E-state index is -0.181. The zero-order valence-electron chi connectivity index (χ0n) is 14.4. The molecule has 5 heteroatoms. The van der Waals surface area contributed by atoms with Gasteiger partial charge in [0.15, 0.2) is 0 Å². The number of benzene rings is 1. The average molecular weight is 340 g/mol. The largest absolute Gasteiger partial charge is 0.465 e. The Hall–Kier alpha value is -1.20. The number of ether oxygens (including phenoxy) is 2. The van der Waals surface area contributed by atoms with Crippen molar-refractivity contribution in [1.82, 2.24) is 0 Å². The fourth-order valence-corrected chi connectivity index (χ4v) is 3.09. The molecule has 0 aliphatic carbocycles. The highest BCUT2D eigenvalue weighted by Gasteiger charge is 2.23. The zero-order chi connectivity index (χ0) is 16.9. The minimum absolute atomic E-state index is 0.0730. The van der Waals surface area contributed by atoms with E-state index >= 15 is 0 Å². The molecule has 0 saturated heterocycles. The molecule has 1 N–H and O–H groups in total. The second-order valence-corrected chi connectivity index (χ2v) is 6.55. The number of rotatable bonds is 12. The molecular weight excluding hydrogens is 310 g/mol. The van der Waals surface area contributed by atoms with Gasteiger partial charge in [-0.15, -0.1) is 11.8 Å². The van der Waals surface area contributed by atoms with Gasteiger partial charge in [-0.05, 0) is 31.9 Å². The summed E-state index contributed by atoms with van der Waals surface area (Å²) in [5.41, 5.74) is 0.984. The fraction of sp³-hybridized carbons (Fsp3) is 0.611. The summed E-state index contributed by atoms with van der Waals surface area (Å²) in [7, 11) is 0. The lowest BCUT2D eigenvalue weighted by Gasteiger charge is -2.22. The first kappa shape index (κ1) is 19.8. The van der Waals surface area contributed by atoms with E-state index < -0.39 is 0 Å². The van der Waals surface area contributed by atoms with Gasteiger partial charge in [0.25, 0.3) is 0 Å². The van der Waals surface area contributed by atoms with Crippen LogP contribution in [0.1, 0.15) is 40.0 Å². The molecule has 2 unspecified atom stereocenters. The summed E-state index contributed by atoms with van der Waals surface area (Å²) < 4.78 is 11.1. The lowest BCUT2D eigenvalue weighted by Crippen LogP contribution is -2.28. The first-order valence-corrected chi connectivity index (χ1v) is 9.38. The third-order valence-electron chi connectivity index (χ3n) is 3.28. The molecule has 0 amide bonds. The Morgan fingerprint density at radius 1 is 1.22 bits per heavy atom. The number of carbonyl (C=O) groups is 1. The summed E-state index contributed by atoms with van der Waals surface area (Å²) in [4.78, 5) is 12.0. The van der Waals surface area contributed by atoms with Crippen LogP contribution in [0.25, 0.3) is 0 Å². The van der Waals surface area contributed by atoms with Crippen LogP contribution in [0.5, 0.6) is 0 Å². The van der Waals surface area contributed by atoms with E-state index in [-0.39, 0.29) is 16.7 Å². The molecule has 1 aromatic carbocycles. The molecule has 4 nitrogen and oxygen atoms in total. The number of hydrogen-bond acceptors (Lipinski definition) is 5. The number of esters is 1. The maximum absolute atomic E-state index is 12.0. The van der Waals surface area contributed by atoms with Crippen molar-refractivity contribution in [2.24, 2.45) is 0 Å². The Morgan fingerprint density at radius 3 is 2.57 bits per heavy atom. The molecule has 1 rings (SSSR count). The molecular formula is C18H29NO3S. The van der Waals surface area contributed by atoms with Crippen LogP contribution in [0.2, 0.25) is 0 Å². The number of unbranched alkanes of at least 4 members (excludes halogenated alkanes) is 1. The van der Waals surface area contributed by atoms with Crippen LogP contribution in [-0.4, -0.2) is 36.4 Å². The molecule has 0 aliphatic heterocycles. The third kappa shape index (κ3) is 8.28. The van der Waals surface area contributed by atoms with E-state index in [1.807, 2.05) is 44.2 Å². The second kappa shape index (κ2) is 12.3. The highest BCUT2D eigenvalue weighted by Crippen LogP contribution is 2.24. The topological polar surface area (TPSA) is 47.6 Å². The van der Waals surface area contributed by atoms with Crippen molar-refractivity contribution in [1.29, 1.82) is 0 Å². The van der Waals surface area contributed by atoms with E-state index in [0.717, 1.165) is 24.9 Å². The summed E-state index contributed by atoms with van der Waals surface area (Å²) in [6.45, 7) is 7.77. The van der Waals surface area contributed by atoms with E-state index in [1.165, 1.54) is 0 Å². The molecule has 0 radical (unpaired) electrons. The van der Waals surface area contributed by atoms with Crippen LogP contribution < -0.4 is 5.32 Å². The van der Waals surface area contributed by atoms with Gasteiger partial charge in [0.2, 0.25) is 0 Å². The molecule has 0 saturated carbocycles. The van der Waals surface area contributed by atoms with Gasteiger partial charge in [-0.25, -0.2) is 0 Å². The zero-order valence-corrected chi connectivity index (χ0v) is 15.2. The monoisotopic (exact) mass is 339 g/mol. The van der Waals surface area contributed by atoms with Crippen molar-refractivity contribution in [3.8, 4) is 0 Å². The fourth-order valence-electron chi connectivity index (χ4n) is 2.00. The number of para-hydroxylation sites is 1. The molecule has 23 heavy (non-hydrogen) atoms. The predicted molar refractivity (Wildman–Crippen MR) is 97.9 cm³/mol. The van der Waals surface area contributed by atoms with Gasteiger partial charge in [-0.2, -0.15) is 0 Å². The van der Waals surface area contributed by atoms with Crippen molar-refractivity contribution in [3.63, 3.8) is 0 Å². The van der Waals surface area contributed by atoms with Crippen molar-refractivity contribution < 1.29 is 14.3 Å². The SMILES string of the molecule is CCCCOC(CNc1ccccc1)SC(CC)C(=O)OCC. The van der Waals surface area contributed by atoms with E-state index in [1.54, 1.807) is 11.8 Å². The quantitative estimate of drug-likeness (QED) is 0.349. The molecule has 0 aromatic heterocycles. The maximum atomic E-state index is 12.0. The molecule has 1 aromatic rings. The van der Waals surface area contributed by atoms with Crippen molar-refractivity contribution in [3.05, 3.63) is 30.3 Å². The molecule has 0 aliphatic rings. The van der Waals surface area contributed by atoms with E-state index in [4.69, 9.17) is 9.47 Å². The van der Waals surface area contributed by atoms with Gasteiger partial charge in [0.05, 0.1) is 13.2 Å². The summed E-state index contributed by atoms with van der Waals surface area (Å²) in [5.74, 6) is -0.149. The molecule has 0 heterocycles. The van der Waals surface area contributed by atoms with Crippen molar-refractivity contribution >= 4 is 23.4 Å². The van der Waals surface area contributed by atoms with Crippen LogP contribution in [0.4, 0.5) is 5.69 Å². The summed E-state index contributed by atoms with van der Waals surface area (Å²) in [6, 6.07) is 10.0. The van der Waals surface area contributed by atoms with Gasteiger partial charge in [0.1, 0.15) is 10.7 Å². The average Bonchev–Trinajstić information content (AvgIpc) is 2.58. The summed E-state index contributed by atoms with van der Waals surface area (Å²) >= 11 is 1.55. The number of anilines is 1. The second-order valence-electron chi connectivity index (χ2n) is 5.19. The van der Waals surface area contributed by atoms with Gasteiger partial charge in [-0.1, -0.05) is 38.5 Å². The minimum Gasteiger partial charge on any atom is -0.465 e. The molecule has 2 atom stereocenters.